The highest BCUT2D eigenvalue weighted by Gasteiger charge is 2.54. The van der Waals surface area contributed by atoms with Crippen LogP contribution in [0.5, 0.6) is 0 Å². The Morgan fingerprint density at radius 3 is 2.17 bits per heavy atom. The molecule has 0 spiro atoms. The molecular weight excluding hydrogens is 382 g/mol. The molecule has 2 aromatic rings. The number of benzene rings is 2. The standard InChI is InChI=1S/C24H29NO3S/c1-18-10-11-21(16-19(18)2)29(27,28)24(12-6-7-13-24)22(26)25-17-23(14-15-23)20-8-4-3-5-9-20/h3-5,8-11,16H,6-7,12-15,17H2,1-2H3,(H,25,26). The summed E-state index contributed by atoms with van der Waals surface area (Å²) in [5.74, 6) is -0.324. The average Bonchev–Trinajstić information content (AvgIpc) is 3.34. The number of hydrogen-bond donors (Lipinski definition) is 1. The molecule has 2 saturated carbocycles. The van der Waals surface area contributed by atoms with Gasteiger partial charge >= 0.3 is 0 Å². The number of amides is 1. The van der Waals surface area contributed by atoms with Gasteiger partial charge in [-0.3, -0.25) is 4.79 Å². The summed E-state index contributed by atoms with van der Waals surface area (Å²) in [7, 11) is -3.76. The third kappa shape index (κ3) is 3.39. The Kier molecular flexibility index (Phi) is 5.06. The van der Waals surface area contributed by atoms with Crippen molar-refractivity contribution in [3.8, 4) is 0 Å². The van der Waals surface area contributed by atoms with E-state index in [-0.39, 0.29) is 16.2 Å². The highest BCUT2D eigenvalue weighted by atomic mass is 32.2. The maximum Gasteiger partial charge on any atom is 0.241 e. The SMILES string of the molecule is Cc1ccc(S(=O)(=O)C2(C(=O)NCC3(c4ccccc4)CC3)CCCC2)cc1C. The van der Waals surface area contributed by atoms with Crippen LogP contribution in [0.4, 0.5) is 0 Å². The summed E-state index contributed by atoms with van der Waals surface area (Å²) >= 11 is 0. The minimum atomic E-state index is -3.76. The number of carbonyl (C=O) groups excluding carboxylic acids is 1. The molecule has 0 bridgehead atoms. The van der Waals surface area contributed by atoms with Gasteiger partial charge in [-0.1, -0.05) is 49.2 Å². The van der Waals surface area contributed by atoms with Crippen molar-refractivity contribution in [1.82, 2.24) is 5.32 Å². The lowest BCUT2D eigenvalue weighted by Crippen LogP contribution is -2.52. The molecule has 4 nitrogen and oxygen atoms in total. The van der Waals surface area contributed by atoms with Gasteiger partial charge < -0.3 is 5.32 Å². The van der Waals surface area contributed by atoms with E-state index in [0.717, 1.165) is 36.8 Å². The van der Waals surface area contributed by atoms with Gasteiger partial charge in [-0.15, -0.1) is 0 Å². The molecule has 0 radical (unpaired) electrons. The first kappa shape index (κ1) is 20.1. The Bertz CT molecular complexity index is 1020. The van der Waals surface area contributed by atoms with Crippen LogP contribution >= 0.6 is 0 Å². The second kappa shape index (κ2) is 7.28. The van der Waals surface area contributed by atoms with Crippen molar-refractivity contribution >= 4 is 15.7 Å². The Hall–Kier alpha value is -2.14. The van der Waals surface area contributed by atoms with Crippen molar-refractivity contribution < 1.29 is 13.2 Å². The van der Waals surface area contributed by atoms with E-state index in [0.29, 0.717) is 19.4 Å². The molecule has 0 heterocycles. The molecular formula is C24H29NO3S. The van der Waals surface area contributed by atoms with E-state index < -0.39 is 14.6 Å². The molecule has 0 unspecified atom stereocenters. The Morgan fingerprint density at radius 2 is 1.59 bits per heavy atom. The van der Waals surface area contributed by atoms with Crippen molar-refractivity contribution in [2.45, 2.75) is 67.4 Å². The van der Waals surface area contributed by atoms with E-state index in [4.69, 9.17) is 0 Å². The van der Waals surface area contributed by atoms with Crippen LogP contribution in [0.25, 0.3) is 0 Å². The Morgan fingerprint density at radius 1 is 0.931 bits per heavy atom. The second-order valence-electron chi connectivity index (χ2n) is 8.78. The zero-order valence-electron chi connectivity index (χ0n) is 17.2. The van der Waals surface area contributed by atoms with Crippen molar-refractivity contribution in [2.24, 2.45) is 0 Å². The first-order valence-corrected chi connectivity index (χ1v) is 11.9. The Balaban J connectivity index is 1.60. The van der Waals surface area contributed by atoms with Gasteiger partial charge in [0.15, 0.2) is 14.6 Å². The number of nitrogens with one attached hydrogen (secondary N) is 1. The summed E-state index contributed by atoms with van der Waals surface area (Å²) in [5.41, 5.74) is 3.16. The van der Waals surface area contributed by atoms with E-state index in [2.05, 4.69) is 17.4 Å². The molecule has 2 fully saturated rings. The molecule has 2 aliphatic carbocycles. The lowest BCUT2D eigenvalue weighted by molar-refractivity contribution is -0.123. The normalized spacial score (nSPS) is 19.7. The predicted molar refractivity (Wildman–Crippen MR) is 115 cm³/mol. The minimum absolute atomic E-state index is 0.0408. The molecule has 4 rings (SSSR count). The van der Waals surface area contributed by atoms with Crippen LogP contribution in [0.1, 0.15) is 55.2 Å². The van der Waals surface area contributed by atoms with Crippen molar-refractivity contribution in [3.05, 3.63) is 65.2 Å². The Labute approximate surface area is 173 Å². The summed E-state index contributed by atoms with van der Waals surface area (Å²) in [4.78, 5) is 13.6. The third-order valence-corrected chi connectivity index (χ3v) is 9.45. The molecule has 2 aliphatic rings. The maximum absolute atomic E-state index is 13.6. The fourth-order valence-corrected chi connectivity index (χ4v) is 6.76. The van der Waals surface area contributed by atoms with Crippen LogP contribution in [-0.2, 0) is 20.0 Å². The van der Waals surface area contributed by atoms with Gasteiger partial charge in [-0.25, -0.2) is 8.42 Å². The highest BCUT2D eigenvalue weighted by molar-refractivity contribution is 7.93. The monoisotopic (exact) mass is 411 g/mol. The summed E-state index contributed by atoms with van der Waals surface area (Å²) < 4.78 is 25.9. The number of rotatable bonds is 6. The van der Waals surface area contributed by atoms with Crippen molar-refractivity contribution in [3.63, 3.8) is 0 Å². The molecule has 1 amide bonds. The summed E-state index contributed by atoms with van der Waals surface area (Å²) in [6, 6.07) is 15.4. The van der Waals surface area contributed by atoms with Crippen molar-refractivity contribution in [1.29, 1.82) is 0 Å². The quantitative estimate of drug-likeness (QED) is 0.773. The molecule has 0 saturated heterocycles. The van der Waals surface area contributed by atoms with Crippen molar-refractivity contribution in [2.75, 3.05) is 6.54 Å². The number of carbonyl (C=O) groups is 1. The van der Waals surface area contributed by atoms with Gasteiger partial charge in [0.2, 0.25) is 5.91 Å². The fourth-order valence-electron chi connectivity index (χ4n) is 4.59. The van der Waals surface area contributed by atoms with E-state index in [1.807, 2.05) is 38.1 Å². The first-order valence-electron chi connectivity index (χ1n) is 10.5. The molecule has 29 heavy (non-hydrogen) atoms. The van der Waals surface area contributed by atoms with E-state index in [1.54, 1.807) is 12.1 Å². The van der Waals surface area contributed by atoms with Crippen LogP contribution in [-0.4, -0.2) is 25.6 Å². The average molecular weight is 412 g/mol. The van der Waals surface area contributed by atoms with Gasteiger partial charge in [-0.05, 0) is 68.4 Å². The molecule has 2 aromatic carbocycles. The largest absolute Gasteiger partial charge is 0.354 e. The van der Waals surface area contributed by atoms with E-state index >= 15 is 0 Å². The second-order valence-corrected chi connectivity index (χ2v) is 11.0. The predicted octanol–water partition coefficient (Wildman–Crippen LogP) is 4.24. The van der Waals surface area contributed by atoms with Crippen LogP contribution < -0.4 is 5.32 Å². The maximum atomic E-state index is 13.6. The summed E-state index contributed by atoms with van der Waals surface area (Å²) in [6.07, 6.45) is 4.36. The lowest BCUT2D eigenvalue weighted by Gasteiger charge is -2.29. The van der Waals surface area contributed by atoms with Gasteiger partial charge in [-0.2, -0.15) is 0 Å². The molecule has 5 heteroatoms. The molecule has 154 valence electrons. The highest BCUT2D eigenvalue weighted by Crippen LogP contribution is 2.48. The van der Waals surface area contributed by atoms with Crippen LogP contribution in [0, 0.1) is 13.8 Å². The lowest BCUT2D eigenvalue weighted by atomic mass is 9.95. The van der Waals surface area contributed by atoms with E-state index in [9.17, 15) is 13.2 Å². The van der Waals surface area contributed by atoms with Gasteiger partial charge in [0.05, 0.1) is 4.90 Å². The minimum Gasteiger partial charge on any atom is -0.354 e. The number of aryl methyl sites for hydroxylation is 2. The van der Waals surface area contributed by atoms with Gasteiger partial charge in [0.1, 0.15) is 0 Å². The number of sulfone groups is 1. The van der Waals surface area contributed by atoms with Crippen LogP contribution in [0.2, 0.25) is 0 Å². The topological polar surface area (TPSA) is 63.2 Å². The third-order valence-electron chi connectivity index (χ3n) is 6.96. The molecule has 1 N–H and O–H groups in total. The zero-order valence-corrected chi connectivity index (χ0v) is 18.0. The van der Waals surface area contributed by atoms with Crippen LogP contribution in [0.15, 0.2) is 53.4 Å². The zero-order chi connectivity index (χ0) is 20.7. The molecule has 0 atom stereocenters. The van der Waals surface area contributed by atoms with E-state index in [1.165, 1.54) is 5.56 Å². The fraction of sp³-hybridized carbons (Fsp3) is 0.458. The van der Waals surface area contributed by atoms with Crippen LogP contribution in [0.3, 0.4) is 0 Å². The molecule has 0 aliphatic heterocycles. The summed E-state index contributed by atoms with van der Waals surface area (Å²) in [6.45, 7) is 4.37. The van der Waals surface area contributed by atoms with Gasteiger partial charge in [0, 0.05) is 12.0 Å². The smallest absolute Gasteiger partial charge is 0.241 e. The molecule has 0 aromatic heterocycles. The van der Waals surface area contributed by atoms with Gasteiger partial charge in [0.25, 0.3) is 0 Å². The first-order chi connectivity index (χ1) is 13.8. The summed E-state index contributed by atoms with van der Waals surface area (Å²) in [5, 5.41) is 3.05. The number of hydrogen-bond acceptors (Lipinski definition) is 3.